The second-order valence-electron chi connectivity index (χ2n) is 10.7. The van der Waals surface area contributed by atoms with Crippen molar-refractivity contribution in [2.45, 2.75) is 85.5 Å². The van der Waals surface area contributed by atoms with Gasteiger partial charge in [-0.2, -0.15) is 0 Å². The van der Waals surface area contributed by atoms with Gasteiger partial charge in [0.05, 0.1) is 0 Å². The van der Waals surface area contributed by atoms with E-state index >= 15 is 0 Å². The summed E-state index contributed by atoms with van der Waals surface area (Å²) in [5.74, 6) is -0.616. The van der Waals surface area contributed by atoms with Crippen LogP contribution in [0.4, 0.5) is 8.78 Å². The highest BCUT2D eigenvalue weighted by molar-refractivity contribution is 8.03. The number of allylic oxidation sites excluding steroid dienone is 7. The van der Waals surface area contributed by atoms with E-state index in [-0.39, 0.29) is 5.41 Å². The molecule has 0 nitrogen and oxygen atoms in total. The van der Waals surface area contributed by atoms with Gasteiger partial charge in [-0.25, -0.2) is 8.78 Å². The van der Waals surface area contributed by atoms with E-state index in [2.05, 4.69) is 79.5 Å². The van der Waals surface area contributed by atoms with Gasteiger partial charge in [0, 0.05) is 10.3 Å². The quantitative estimate of drug-likeness (QED) is 0.201. The molecule has 0 spiro atoms. The van der Waals surface area contributed by atoms with Crippen molar-refractivity contribution < 1.29 is 8.78 Å². The summed E-state index contributed by atoms with van der Waals surface area (Å²) >= 11 is 6.24. The largest absolute Gasteiger partial charge is 0.204 e. The van der Waals surface area contributed by atoms with Crippen molar-refractivity contribution >= 4 is 24.4 Å². The van der Waals surface area contributed by atoms with Crippen LogP contribution < -0.4 is 0 Å². The Morgan fingerprint density at radius 2 is 1.80 bits per heavy atom. The Hall–Kier alpha value is -1.52. The van der Waals surface area contributed by atoms with Crippen LogP contribution in [-0.2, 0) is 5.41 Å². The van der Waals surface area contributed by atoms with E-state index in [0.717, 1.165) is 60.3 Å². The number of rotatable bonds is 13. The molecule has 35 heavy (non-hydrogen) atoms. The monoisotopic (exact) mass is 516 g/mol. The van der Waals surface area contributed by atoms with E-state index in [0.29, 0.717) is 0 Å². The Balaban J connectivity index is 2.28. The van der Waals surface area contributed by atoms with Crippen molar-refractivity contribution in [3.63, 3.8) is 0 Å². The zero-order valence-electron chi connectivity index (χ0n) is 22.4. The van der Waals surface area contributed by atoms with Gasteiger partial charge in [0.25, 0.3) is 0 Å². The number of hydrogen-bond acceptors (Lipinski definition) is 2. The fourth-order valence-corrected chi connectivity index (χ4v) is 5.74. The second-order valence-corrected chi connectivity index (χ2v) is 12.7. The van der Waals surface area contributed by atoms with Gasteiger partial charge in [0.2, 0.25) is 0 Å². The normalized spacial score (nSPS) is 15.0. The lowest BCUT2D eigenvalue weighted by atomic mass is 9.73. The van der Waals surface area contributed by atoms with Crippen LogP contribution in [-0.4, -0.2) is 5.75 Å². The molecule has 0 N–H and O–H groups in total. The average molecular weight is 517 g/mol. The van der Waals surface area contributed by atoms with Crippen LogP contribution >= 0.6 is 24.4 Å². The molecular formula is C31H42F2S2. The van der Waals surface area contributed by atoms with Crippen LogP contribution in [0.25, 0.3) is 0 Å². The molecule has 0 atom stereocenters. The first kappa shape index (κ1) is 29.7. The molecule has 0 aromatic heterocycles. The third kappa shape index (κ3) is 7.98. The Bertz CT molecular complexity index is 1040. The molecule has 2 rings (SSSR count). The van der Waals surface area contributed by atoms with Crippen molar-refractivity contribution in [1.82, 2.24) is 0 Å². The number of halogens is 2. The number of hydrogen-bond donors (Lipinski definition) is 1. The third-order valence-corrected chi connectivity index (χ3v) is 8.35. The summed E-state index contributed by atoms with van der Waals surface area (Å²) in [6, 6.07) is 4.20. The van der Waals surface area contributed by atoms with Gasteiger partial charge in [-0.1, -0.05) is 71.6 Å². The van der Waals surface area contributed by atoms with Crippen LogP contribution in [0, 0.1) is 17.0 Å². The summed E-state index contributed by atoms with van der Waals surface area (Å²) in [5.41, 5.74) is 5.46. The topological polar surface area (TPSA) is 0 Å². The molecule has 192 valence electrons. The molecule has 0 fully saturated rings. The highest BCUT2D eigenvalue weighted by Crippen LogP contribution is 2.46. The zero-order chi connectivity index (χ0) is 26.4. The van der Waals surface area contributed by atoms with Crippen molar-refractivity contribution in [2.24, 2.45) is 5.41 Å². The smallest absolute Gasteiger partial charge is 0.159 e. The first-order chi connectivity index (χ1) is 16.3. The number of thioether (sulfide) groups is 1. The summed E-state index contributed by atoms with van der Waals surface area (Å²) in [5, 5.41) is 0. The summed E-state index contributed by atoms with van der Waals surface area (Å²) in [6.07, 6.45) is 10.4. The average Bonchev–Trinajstić information content (AvgIpc) is 3.18. The van der Waals surface area contributed by atoms with E-state index in [1.54, 1.807) is 6.07 Å². The minimum Gasteiger partial charge on any atom is -0.204 e. The maximum Gasteiger partial charge on any atom is 0.159 e. The maximum atomic E-state index is 14.0. The Kier molecular flexibility index (Phi) is 10.7. The predicted molar refractivity (Wildman–Crippen MR) is 155 cm³/mol. The molecule has 1 aromatic rings. The molecule has 0 radical (unpaired) electrons. The van der Waals surface area contributed by atoms with Gasteiger partial charge in [-0.15, -0.1) is 24.4 Å². The minimum absolute atomic E-state index is 0.152. The molecule has 0 heterocycles. The summed E-state index contributed by atoms with van der Waals surface area (Å²) < 4.78 is 27.6. The molecule has 0 aliphatic heterocycles. The van der Waals surface area contributed by atoms with E-state index in [4.69, 9.17) is 0 Å². The second kappa shape index (κ2) is 12.6. The molecule has 1 aliphatic carbocycles. The first-order valence-electron chi connectivity index (χ1n) is 12.5. The summed E-state index contributed by atoms with van der Waals surface area (Å²) in [4.78, 5) is 2.27. The maximum absolute atomic E-state index is 14.0. The van der Waals surface area contributed by atoms with Crippen LogP contribution in [0.2, 0.25) is 0 Å². The van der Waals surface area contributed by atoms with E-state index < -0.39 is 17.0 Å². The SMILES string of the molecule is C=C(S)CC/C(=C\C)CC(C)(C)CCC1=C(C(=C)C(C)(C)c2ccc(F)c(F)c2)CC=C1SCC. The molecular weight excluding hydrogens is 474 g/mol. The first-order valence-corrected chi connectivity index (χ1v) is 14.0. The third-order valence-electron chi connectivity index (χ3n) is 7.11. The van der Waals surface area contributed by atoms with E-state index in [1.807, 2.05) is 11.8 Å². The lowest BCUT2D eigenvalue weighted by Gasteiger charge is -2.31. The van der Waals surface area contributed by atoms with Crippen molar-refractivity contribution in [3.05, 3.63) is 92.8 Å². The van der Waals surface area contributed by atoms with Crippen LogP contribution in [0.5, 0.6) is 0 Å². The molecule has 0 amide bonds. The predicted octanol–water partition coefficient (Wildman–Crippen LogP) is 10.5. The molecule has 1 aliphatic rings. The standard InChI is InChI=1S/C31H42F2S2/c1-9-23(12-11-21(3)34)20-30(5,6)18-17-26-25(14-16-29(26)35-10-2)22(4)31(7,8)24-13-15-27(32)28(33)19-24/h9,13,15-16,19,34H,3-4,10-12,14,17-18,20H2,1-2,5-8H3/b23-9+. The Morgan fingerprint density at radius 3 is 2.37 bits per heavy atom. The van der Waals surface area contributed by atoms with Gasteiger partial charge in [-0.05, 0) is 95.9 Å². The van der Waals surface area contributed by atoms with E-state index in [1.165, 1.54) is 33.8 Å². The van der Waals surface area contributed by atoms with E-state index in [9.17, 15) is 8.78 Å². The molecule has 0 saturated heterocycles. The highest BCUT2D eigenvalue weighted by Gasteiger charge is 2.32. The number of benzene rings is 1. The molecule has 0 bridgehead atoms. The minimum atomic E-state index is -0.819. The van der Waals surface area contributed by atoms with Crippen molar-refractivity contribution in [3.8, 4) is 0 Å². The van der Waals surface area contributed by atoms with Gasteiger partial charge in [-0.3, -0.25) is 0 Å². The number of thiol groups is 1. The van der Waals surface area contributed by atoms with Crippen LogP contribution in [0.1, 0.15) is 85.6 Å². The van der Waals surface area contributed by atoms with Gasteiger partial charge in [0.1, 0.15) is 0 Å². The summed E-state index contributed by atoms with van der Waals surface area (Å²) in [6.45, 7) is 21.5. The molecule has 0 unspecified atom stereocenters. The van der Waals surface area contributed by atoms with Crippen molar-refractivity contribution in [2.75, 3.05) is 5.75 Å². The molecule has 0 saturated carbocycles. The van der Waals surface area contributed by atoms with Crippen LogP contribution in [0.3, 0.4) is 0 Å². The fourth-order valence-electron chi connectivity index (χ4n) is 4.71. The summed E-state index contributed by atoms with van der Waals surface area (Å²) in [7, 11) is 0. The van der Waals surface area contributed by atoms with Crippen LogP contribution in [0.15, 0.2) is 75.6 Å². The van der Waals surface area contributed by atoms with Gasteiger partial charge < -0.3 is 0 Å². The Morgan fingerprint density at radius 1 is 1.11 bits per heavy atom. The fraction of sp³-hybridized carbons (Fsp3) is 0.484. The van der Waals surface area contributed by atoms with Crippen molar-refractivity contribution in [1.29, 1.82) is 0 Å². The van der Waals surface area contributed by atoms with Gasteiger partial charge >= 0.3 is 0 Å². The molecule has 1 aromatic carbocycles. The molecule has 4 heteroatoms. The van der Waals surface area contributed by atoms with Gasteiger partial charge in [0.15, 0.2) is 11.6 Å². The highest BCUT2D eigenvalue weighted by atomic mass is 32.2. The lowest BCUT2D eigenvalue weighted by Crippen LogP contribution is -2.22. The Labute approximate surface area is 222 Å². The lowest BCUT2D eigenvalue weighted by molar-refractivity contribution is 0.329. The zero-order valence-corrected chi connectivity index (χ0v) is 24.1.